The van der Waals surface area contributed by atoms with E-state index in [0.717, 1.165) is 31.3 Å². The van der Waals surface area contributed by atoms with Crippen LogP contribution in [0.25, 0.3) is 0 Å². The fraction of sp³-hybridized carbons (Fsp3) is 0.815. The zero-order valence-corrected chi connectivity index (χ0v) is 19.6. The van der Waals surface area contributed by atoms with Gasteiger partial charge in [0, 0.05) is 18.5 Å². The third-order valence-electron chi connectivity index (χ3n) is 10.8. The molecule has 2 saturated heterocycles. The third kappa shape index (κ3) is 2.96. The zero-order valence-electron chi connectivity index (χ0n) is 19.6. The standard InChI is InChI=1S/C27H40N2O2/c1-16-14-27(17(2)25-23(31-27)5-4-12-28-25)11-8-19-20-7-6-18-15-29-24(30)9-10-26(18,3)22(20)13-21(16)19/h9-10,17-20,22-23,25,28H,4-8,11-15H2,1-3H3,(H,29,30). The normalized spacial score (nSPS) is 51.5. The van der Waals surface area contributed by atoms with Crippen LogP contribution in [0.5, 0.6) is 0 Å². The summed E-state index contributed by atoms with van der Waals surface area (Å²) in [6.07, 6.45) is 14.5. The lowest BCUT2D eigenvalue weighted by Gasteiger charge is -2.48. The second-order valence-corrected chi connectivity index (χ2v) is 12.0. The van der Waals surface area contributed by atoms with E-state index < -0.39 is 0 Å². The molecule has 4 fully saturated rings. The quantitative estimate of drug-likeness (QED) is 0.568. The third-order valence-corrected chi connectivity index (χ3v) is 10.8. The Morgan fingerprint density at radius 2 is 2.06 bits per heavy atom. The van der Waals surface area contributed by atoms with E-state index in [1.165, 1.54) is 44.9 Å². The van der Waals surface area contributed by atoms with Crippen LogP contribution in [-0.4, -0.2) is 36.7 Å². The summed E-state index contributed by atoms with van der Waals surface area (Å²) in [5, 5.41) is 6.93. The molecule has 1 spiro atoms. The lowest BCUT2D eigenvalue weighted by Crippen LogP contribution is -2.46. The fourth-order valence-corrected chi connectivity index (χ4v) is 8.96. The molecule has 0 bridgehead atoms. The summed E-state index contributed by atoms with van der Waals surface area (Å²) in [6, 6.07) is 0.549. The fourth-order valence-electron chi connectivity index (χ4n) is 8.96. The van der Waals surface area contributed by atoms with Gasteiger partial charge in [-0.05, 0) is 100.0 Å². The van der Waals surface area contributed by atoms with Crippen molar-refractivity contribution >= 4 is 5.91 Å². The molecule has 3 aliphatic carbocycles. The summed E-state index contributed by atoms with van der Waals surface area (Å²) < 4.78 is 6.94. The molecular weight excluding hydrogens is 384 g/mol. The first kappa shape index (κ1) is 20.5. The first-order chi connectivity index (χ1) is 14.9. The van der Waals surface area contributed by atoms with E-state index in [9.17, 15) is 4.79 Å². The number of nitrogens with one attached hydrogen (secondary N) is 2. The summed E-state index contributed by atoms with van der Waals surface area (Å²) in [5.41, 5.74) is 3.59. The van der Waals surface area contributed by atoms with E-state index >= 15 is 0 Å². The average molecular weight is 425 g/mol. The molecule has 0 aromatic rings. The molecule has 4 nitrogen and oxygen atoms in total. The van der Waals surface area contributed by atoms with Gasteiger partial charge in [0.05, 0.1) is 11.7 Å². The predicted molar refractivity (Wildman–Crippen MR) is 122 cm³/mol. The molecule has 0 radical (unpaired) electrons. The molecule has 6 aliphatic rings. The maximum Gasteiger partial charge on any atom is 0.243 e. The summed E-state index contributed by atoms with van der Waals surface area (Å²) in [4.78, 5) is 12.1. The van der Waals surface area contributed by atoms with Crippen molar-refractivity contribution in [3.8, 4) is 0 Å². The average Bonchev–Trinajstić information content (AvgIpc) is 3.16. The second kappa shape index (κ2) is 7.18. The highest BCUT2D eigenvalue weighted by molar-refractivity contribution is 5.87. The van der Waals surface area contributed by atoms with Crippen molar-refractivity contribution in [2.45, 2.75) is 89.9 Å². The summed E-state index contributed by atoms with van der Waals surface area (Å²) in [5.74, 6) is 3.46. The highest BCUT2D eigenvalue weighted by Crippen LogP contribution is 2.62. The Morgan fingerprint density at radius 3 is 2.90 bits per heavy atom. The van der Waals surface area contributed by atoms with E-state index in [1.807, 2.05) is 6.08 Å². The number of ether oxygens (including phenoxy) is 1. The van der Waals surface area contributed by atoms with Gasteiger partial charge in [-0.2, -0.15) is 0 Å². The minimum Gasteiger partial charge on any atom is -0.369 e. The largest absolute Gasteiger partial charge is 0.369 e. The monoisotopic (exact) mass is 424 g/mol. The Labute approximate surface area is 187 Å². The van der Waals surface area contributed by atoms with Crippen molar-refractivity contribution in [3.63, 3.8) is 0 Å². The van der Waals surface area contributed by atoms with Crippen molar-refractivity contribution in [2.75, 3.05) is 13.1 Å². The van der Waals surface area contributed by atoms with Crippen LogP contribution in [0.2, 0.25) is 0 Å². The summed E-state index contributed by atoms with van der Waals surface area (Å²) in [7, 11) is 0. The SMILES string of the molecule is CC1=C2CC3C(CCC4CNC(=O)C=CC43C)C2CCC2(C1)OC1CCCNC1C2C. The molecule has 1 amide bonds. The number of rotatable bonds is 0. The Kier molecular flexibility index (Phi) is 4.74. The number of carbonyl (C=O) groups excluding carboxylic acids is 1. The molecule has 2 N–H and O–H groups in total. The second-order valence-electron chi connectivity index (χ2n) is 12.0. The zero-order chi connectivity index (χ0) is 21.4. The number of hydrogen-bond acceptors (Lipinski definition) is 3. The van der Waals surface area contributed by atoms with Gasteiger partial charge < -0.3 is 15.4 Å². The van der Waals surface area contributed by atoms with Gasteiger partial charge in [0.2, 0.25) is 5.91 Å². The molecule has 9 unspecified atom stereocenters. The molecule has 170 valence electrons. The van der Waals surface area contributed by atoms with Crippen molar-refractivity contribution in [3.05, 3.63) is 23.3 Å². The van der Waals surface area contributed by atoms with E-state index in [-0.39, 0.29) is 16.9 Å². The van der Waals surface area contributed by atoms with Crippen LogP contribution in [0.1, 0.15) is 72.1 Å². The number of piperidine rings is 1. The van der Waals surface area contributed by atoms with Gasteiger partial charge in [-0.15, -0.1) is 0 Å². The van der Waals surface area contributed by atoms with Crippen LogP contribution in [0.15, 0.2) is 23.3 Å². The van der Waals surface area contributed by atoms with Gasteiger partial charge in [0.1, 0.15) is 0 Å². The molecule has 0 aromatic heterocycles. The molecule has 6 rings (SSSR count). The molecule has 2 saturated carbocycles. The highest BCUT2D eigenvalue weighted by Gasteiger charge is 2.58. The van der Waals surface area contributed by atoms with Crippen molar-refractivity contribution < 1.29 is 9.53 Å². The Balaban J connectivity index is 1.31. The Hall–Kier alpha value is -1.13. The van der Waals surface area contributed by atoms with Gasteiger partial charge in [-0.3, -0.25) is 4.79 Å². The maximum atomic E-state index is 12.1. The number of fused-ring (bicyclic) bond motifs is 6. The van der Waals surface area contributed by atoms with Crippen LogP contribution in [-0.2, 0) is 9.53 Å². The molecule has 4 heteroatoms. The van der Waals surface area contributed by atoms with Gasteiger partial charge in [0.25, 0.3) is 0 Å². The van der Waals surface area contributed by atoms with E-state index in [4.69, 9.17) is 4.74 Å². The summed E-state index contributed by atoms with van der Waals surface area (Å²) in [6.45, 7) is 9.33. The van der Waals surface area contributed by atoms with E-state index in [1.54, 1.807) is 11.1 Å². The lowest BCUT2D eigenvalue weighted by molar-refractivity contribution is -0.116. The smallest absolute Gasteiger partial charge is 0.243 e. The van der Waals surface area contributed by atoms with Crippen molar-refractivity contribution in [2.24, 2.45) is 35.0 Å². The van der Waals surface area contributed by atoms with Gasteiger partial charge in [-0.1, -0.05) is 31.1 Å². The van der Waals surface area contributed by atoms with Crippen LogP contribution in [0.3, 0.4) is 0 Å². The molecule has 3 aliphatic heterocycles. The maximum absolute atomic E-state index is 12.1. The predicted octanol–water partition coefficient (Wildman–Crippen LogP) is 4.37. The van der Waals surface area contributed by atoms with Crippen molar-refractivity contribution in [1.82, 2.24) is 10.6 Å². The Morgan fingerprint density at radius 1 is 1.19 bits per heavy atom. The number of amides is 1. The Bertz CT molecular complexity index is 833. The van der Waals surface area contributed by atoms with Gasteiger partial charge in [0.15, 0.2) is 0 Å². The van der Waals surface area contributed by atoms with E-state index in [2.05, 4.69) is 37.5 Å². The highest BCUT2D eigenvalue weighted by atomic mass is 16.5. The van der Waals surface area contributed by atoms with Crippen LogP contribution < -0.4 is 10.6 Å². The first-order valence-electron chi connectivity index (χ1n) is 13.0. The van der Waals surface area contributed by atoms with E-state index in [0.29, 0.717) is 29.9 Å². The minimum absolute atomic E-state index is 0.0449. The molecule has 3 heterocycles. The minimum atomic E-state index is 0.0449. The van der Waals surface area contributed by atoms with Crippen LogP contribution >= 0.6 is 0 Å². The number of hydrogen-bond donors (Lipinski definition) is 2. The van der Waals surface area contributed by atoms with Crippen molar-refractivity contribution in [1.29, 1.82) is 0 Å². The van der Waals surface area contributed by atoms with Gasteiger partial charge >= 0.3 is 0 Å². The number of allylic oxidation sites excluding steroid dienone is 2. The summed E-state index contributed by atoms with van der Waals surface area (Å²) >= 11 is 0. The van der Waals surface area contributed by atoms with Gasteiger partial charge in [-0.25, -0.2) is 0 Å². The molecular formula is C27H40N2O2. The van der Waals surface area contributed by atoms with Crippen LogP contribution in [0.4, 0.5) is 0 Å². The topological polar surface area (TPSA) is 50.4 Å². The first-order valence-corrected chi connectivity index (χ1v) is 13.0. The van der Waals surface area contributed by atoms with Crippen LogP contribution in [0, 0.1) is 35.0 Å². The molecule has 31 heavy (non-hydrogen) atoms. The lowest BCUT2D eigenvalue weighted by atomic mass is 9.57. The number of carbonyl (C=O) groups is 1. The molecule has 9 atom stereocenters. The molecule has 0 aromatic carbocycles.